The van der Waals surface area contributed by atoms with E-state index in [0.29, 0.717) is 12.3 Å². The molecule has 11 aromatic carbocycles. The zero-order chi connectivity index (χ0) is 110. The van der Waals surface area contributed by atoms with Crippen molar-refractivity contribution in [2.75, 3.05) is 28.8 Å². The monoisotopic (exact) mass is 1950 g/mol. The molecule has 0 aliphatic carbocycles. The van der Waals surface area contributed by atoms with Crippen molar-refractivity contribution in [2.24, 2.45) is 28.2 Å². The first-order chi connectivity index (χ1) is 70.5. The molecule has 0 spiro atoms. The van der Waals surface area contributed by atoms with Gasteiger partial charge in [-0.3, -0.25) is 0 Å². The lowest BCUT2D eigenvalue weighted by Gasteiger charge is -2.36. The van der Waals surface area contributed by atoms with Crippen molar-refractivity contribution in [3.05, 3.63) is 367 Å². The summed E-state index contributed by atoms with van der Waals surface area (Å²) in [5.41, 5.74) is 28.5. The average Bonchev–Trinajstić information content (AvgIpc) is 1.52. The van der Waals surface area contributed by atoms with E-state index < -0.39 is 0 Å². The van der Waals surface area contributed by atoms with Gasteiger partial charge in [0.1, 0.15) is 51.3 Å². The van der Waals surface area contributed by atoms with Crippen molar-refractivity contribution in [3.8, 4) is 28.3 Å². The number of para-hydroxylation sites is 10. The van der Waals surface area contributed by atoms with Crippen LogP contribution in [0.15, 0.2) is 328 Å². The van der Waals surface area contributed by atoms with E-state index >= 15 is 0 Å². The Labute approximate surface area is 877 Å². The minimum Gasteiger partial charge on any atom is -0.358 e. The van der Waals surface area contributed by atoms with Gasteiger partial charge in [-0.15, -0.1) is 18.6 Å². The molecule has 3 aliphatic heterocycles. The molecule has 144 heavy (non-hydrogen) atoms. The lowest BCUT2D eigenvalue weighted by atomic mass is 9.90. The van der Waals surface area contributed by atoms with Crippen LogP contribution in [0.2, 0.25) is 0 Å². The highest BCUT2D eigenvalue weighted by atomic mass is 15.4. The molecular formula is C132H194N12+4. The molecule has 0 unspecified atom stereocenters. The number of aromatic nitrogens is 8. The molecule has 0 saturated carbocycles. The average molecular weight is 1950 g/mol. The molecule has 0 fully saturated rings. The van der Waals surface area contributed by atoms with Gasteiger partial charge < -0.3 is 19.6 Å². The molecule has 3 aliphatic rings. The van der Waals surface area contributed by atoms with Crippen molar-refractivity contribution < 1.29 is 18.5 Å². The van der Waals surface area contributed by atoms with Gasteiger partial charge >= 0.3 is 0 Å². The van der Waals surface area contributed by atoms with Gasteiger partial charge in [0, 0.05) is 82.2 Å². The molecule has 0 N–H and O–H groups in total. The summed E-state index contributed by atoms with van der Waals surface area (Å²) in [5.74, 6) is 1.18. The summed E-state index contributed by atoms with van der Waals surface area (Å²) in [5, 5.41) is 9.16. The fourth-order valence-corrected chi connectivity index (χ4v) is 17.0. The predicted molar refractivity (Wildman–Crippen MR) is 647 cm³/mol. The van der Waals surface area contributed by atoms with Gasteiger partial charge in [-0.05, 0) is 179 Å². The van der Waals surface area contributed by atoms with Crippen LogP contribution >= 0.6 is 0 Å². The van der Waals surface area contributed by atoms with Crippen LogP contribution in [0.4, 0.5) is 22.7 Å². The number of pyridine rings is 3. The van der Waals surface area contributed by atoms with Crippen molar-refractivity contribution in [1.29, 1.82) is 0 Å². The largest absolute Gasteiger partial charge is 0.358 e. The van der Waals surface area contributed by atoms with Crippen LogP contribution in [0.1, 0.15) is 274 Å². The summed E-state index contributed by atoms with van der Waals surface area (Å²) in [6.07, 6.45) is 13.4. The number of aryl methyl sites for hydroxylation is 10. The van der Waals surface area contributed by atoms with Gasteiger partial charge in [0.15, 0.2) is 26.5 Å². The second-order valence-corrected chi connectivity index (χ2v) is 29.9. The standard InChI is InChI=1S/2C19H17N2.C18H18N2.C17H15N2.C16H18N2.C11H13N2.16C2H6/c1-14-8-3-5-11-17(14)21-18-12-6-4-9-15(18)16-10-7-13-20(2)19(16)21;1-14-8-7-10-16-15-9-3-4-11-17(15)21(19(14)16)18-12-5-6-13-20(18)2;1-12-7-6-10-16-14-8-4-5-9-15(14)17-11-19(3)13(2)20(17)18(12)16;1-12-6-5-9-15-13-7-3-4-8-14(13)16-10-11-18(2)19(16)17(12)15;1-12-8-4-5-9-14(12)18-13(2)17(3)15-10-6-7-11-16(15)18;1-10-6-3-4-7-11(10)13-9-5-8-12(13)2;16*1-2/h2*3-13H,1-2H3;4-11,13H,1-3H3;3-11H,1-2H3;4-11,13H,1-3H3;3-9H,1-2H3;16*1-2H3/q2*+1;;+1;;+1;;;;;;;;;;;;;;;;/t;;13-;;13-;;;;;;;;;;;;;;;;;/m..0.0................./s1. The zero-order valence-electron chi connectivity index (χ0n) is 98.7. The molecule has 12 heteroatoms. The third-order valence-electron chi connectivity index (χ3n) is 22.8. The molecule has 2 atom stereocenters. The van der Waals surface area contributed by atoms with Gasteiger partial charge in [0.05, 0.1) is 60.8 Å². The van der Waals surface area contributed by atoms with Crippen LogP contribution in [0, 0.1) is 41.5 Å². The third-order valence-corrected chi connectivity index (χ3v) is 22.8. The van der Waals surface area contributed by atoms with Crippen LogP contribution in [-0.4, -0.2) is 49.7 Å². The molecule has 12 nitrogen and oxygen atoms in total. The zero-order valence-corrected chi connectivity index (χ0v) is 98.7. The molecular weight excluding hydrogens is 1750 g/mol. The Bertz CT molecular complexity index is 6440. The van der Waals surface area contributed by atoms with Crippen LogP contribution in [0.25, 0.3) is 105 Å². The van der Waals surface area contributed by atoms with E-state index in [1.807, 2.05) is 241 Å². The van der Waals surface area contributed by atoms with Gasteiger partial charge in [0.2, 0.25) is 0 Å². The minimum atomic E-state index is 0.350. The second-order valence-electron chi connectivity index (χ2n) is 29.9. The molecule has 0 saturated heterocycles. The maximum absolute atomic E-state index is 2.47. The van der Waals surface area contributed by atoms with Gasteiger partial charge in [-0.2, -0.15) is 9.13 Å². The smallest absolute Gasteiger partial charge is 0.294 e. The molecule has 0 bridgehead atoms. The maximum Gasteiger partial charge on any atom is 0.294 e. The number of hydrogen-bond acceptors (Lipinski definition) is 4. The Morgan fingerprint density at radius 3 is 1.12 bits per heavy atom. The highest BCUT2D eigenvalue weighted by Crippen LogP contribution is 2.50. The Hall–Kier alpha value is -13.3. The second kappa shape index (κ2) is 72.0. The molecule has 778 valence electrons. The van der Waals surface area contributed by atoms with Crippen molar-refractivity contribution in [1.82, 2.24) is 23.2 Å². The van der Waals surface area contributed by atoms with E-state index in [2.05, 4.69) is 463 Å². The molecule has 0 amide bonds. The molecule has 7 aromatic heterocycles. The fraction of sp³-hybridized carbons (Fsp3) is 0.364. The van der Waals surface area contributed by atoms with Crippen molar-refractivity contribution >= 4 is 99.4 Å². The summed E-state index contributed by atoms with van der Waals surface area (Å²) in [4.78, 5) is 9.48. The van der Waals surface area contributed by atoms with Crippen molar-refractivity contribution in [2.45, 2.75) is 289 Å². The summed E-state index contributed by atoms with van der Waals surface area (Å²) in [7, 11) is 12.6. The van der Waals surface area contributed by atoms with E-state index in [4.69, 9.17) is 0 Å². The van der Waals surface area contributed by atoms with Crippen LogP contribution in [0.3, 0.4) is 0 Å². The SMILES string of the molecule is CC.CC.CC.CC.CC.CC.CC.CC.CC.CC.CC.CC.CC.CC.CC.CC.Cc1cccc2c1N1C(=CN(C)[C@@H]1C)c1ccccc1-2.Cc1cccc2c3ccccc3c3cc[n+](C)n3c12.Cc1cccc2c3ccccc3n(-c3cccc[n+]3C)c12.Cc1ccccc1-n1c2ccccc2c2ccc[n+](C)c21.Cc1ccccc1-n1ccc[n+]1C.Cc1ccccc1N1c2ccccc2N(C)[C@@H]1C. The Kier molecular flexibility index (Phi) is 65.4. The number of fused-ring (bicyclic) bond motifs is 19. The number of benzene rings is 11. The van der Waals surface area contributed by atoms with E-state index in [1.54, 1.807) is 0 Å². The van der Waals surface area contributed by atoms with Crippen molar-refractivity contribution in [3.63, 3.8) is 0 Å². The van der Waals surface area contributed by atoms with Gasteiger partial charge in [0.25, 0.3) is 11.5 Å². The van der Waals surface area contributed by atoms with Crippen LogP contribution in [-0.2, 0) is 28.2 Å². The topological polar surface area (TPSA) is 47.7 Å². The lowest BCUT2D eigenvalue weighted by Crippen LogP contribution is -2.36. The van der Waals surface area contributed by atoms with E-state index in [0.717, 1.165) is 0 Å². The van der Waals surface area contributed by atoms with E-state index in [9.17, 15) is 0 Å². The van der Waals surface area contributed by atoms with Gasteiger partial charge in [-0.25, -0.2) is 9.13 Å². The summed E-state index contributed by atoms with van der Waals surface area (Å²) >= 11 is 0. The first-order valence-corrected chi connectivity index (χ1v) is 54.8. The quantitative estimate of drug-likeness (QED) is 0.130. The summed E-state index contributed by atoms with van der Waals surface area (Å²) in [6.45, 7) is 81.5. The number of anilines is 4. The Morgan fingerprint density at radius 1 is 0.243 bits per heavy atom. The fourth-order valence-electron chi connectivity index (χ4n) is 17.0. The normalized spacial score (nSPS) is 11.4. The highest BCUT2D eigenvalue weighted by Gasteiger charge is 2.37. The minimum absolute atomic E-state index is 0.350. The Balaban J connectivity index is 0.00000162. The van der Waals surface area contributed by atoms with E-state index in [1.165, 1.54) is 167 Å². The van der Waals surface area contributed by atoms with E-state index in [-0.39, 0.29) is 0 Å². The summed E-state index contributed by atoms with van der Waals surface area (Å²) < 4.78 is 17.7. The number of nitrogens with zero attached hydrogens (tertiary/aromatic N) is 12. The van der Waals surface area contributed by atoms with Crippen LogP contribution in [0.5, 0.6) is 0 Å². The molecule has 21 rings (SSSR count). The van der Waals surface area contributed by atoms with Gasteiger partial charge in [-0.1, -0.05) is 416 Å². The number of hydrogen-bond donors (Lipinski definition) is 0. The molecule has 10 heterocycles. The maximum atomic E-state index is 2.47. The highest BCUT2D eigenvalue weighted by molar-refractivity contribution is 6.13. The Morgan fingerprint density at radius 2 is 0.618 bits per heavy atom. The summed E-state index contributed by atoms with van der Waals surface area (Å²) in [6, 6.07) is 103. The first-order valence-electron chi connectivity index (χ1n) is 54.8. The predicted octanol–water partition coefficient (Wildman–Crippen LogP) is 37.2. The van der Waals surface area contributed by atoms with Crippen LogP contribution < -0.4 is 33.2 Å². The molecule has 0 radical (unpaired) electrons. The first kappa shape index (κ1) is 131. The lowest BCUT2D eigenvalue weighted by molar-refractivity contribution is -0.744. The molecule has 18 aromatic rings. The number of rotatable bonds is 4. The third kappa shape index (κ3) is 30.9.